The summed E-state index contributed by atoms with van der Waals surface area (Å²) in [6, 6.07) is 14.6. The number of benzene rings is 2. The van der Waals surface area contributed by atoms with E-state index in [-0.39, 0.29) is 11.9 Å². The Balaban J connectivity index is 1.68. The highest BCUT2D eigenvalue weighted by atomic mass is 16.2. The molecule has 26 heavy (non-hydrogen) atoms. The van der Waals surface area contributed by atoms with Gasteiger partial charge in [-0.25, -0.2) is 4.79 Å². The Kier molecular flexibility index (Phi) is 5.53. The smallest absolute Gasteiger partial charge is 0.321 e. The van der Waals surface area contributed by atoms with Crippen LogP contribution in [0.3, 0.4) is 0 Å². The molecule has 0 spiro atoms. The highest BCUT2D eigenvalue weighted by molar-refractivity contribution is 5.98. The SMILES string of the molecule is CCNC(=O)N1CCc2ccc(NC(=O)[C@@H](N)Cc3ccccc3)cc21. The van der Waals surface area contributed by atoms with Gasteiger partial charge in [0.05, 0.1) is 11.7 Å². The van der Waals surface area contributed by atoms with E-state index in [4.69, 9.17) is 5.73 Å². The molecule has 0 bridgehead atoms. The third-order valence-corrected chi connectivity index (χ3v) is 4.46. The van der Waals surface area contributed by atoms with Crippen LogP contribution >= 0.6 is 0 Å². The maximum atomic E-state index is 12.4. The molecule has 6 heteroatoms. The summed E-state index contributed by atoms with van der Waals surface area (Å²) in [5.74, 6) is -0.239. The van der Waals surface area contributed by atoms with Gasteiger partial charge in [0.2, 0.25) is 5.91 Å². The molecule has 2 aromatic rings. The highest BCUT2D eigenvalue weighted by Gasteiger charge is 2.25. The summed E-state index contributed by atoms with van der Waals surface area (Å²) < 4.78 is 0. The number of carbonyl (C=O) groups excluding carboxylic acids is 2. The second kappa shape index (κ2) is 8.01. The molecule has 1 atom stereocenters. The molecule has 4 N–H and O–H groups in total. The number of urea groups is 1. The average molecular weight is 352 g/mol. The Labute approximate surface area is 153 Å². The van der Waals surface area contributed by atoms with Crippen molar-refractivity contribution in [2.45, 2.75) is 25.8 Å². The van der Waals surface area contributed by atoms with Crippen LogP contribution in [0.2, 0.25) is 0 Å². The number of rotatable bonds is 5. The fraction of sp³-hybridized carbons (Fsp3) is 0.300. The van der Waals surface area contributed by atoms with Gasteiger partial charge in [0, 0.05) is 18.8 Å². The lowest BCUT2D eigenvalue weighted by molar-refractivity contribution is -0.117. The summed E-state index contributed by atoms with van der Waals surface area (Å²) in [6.45, 7) is 3.11. The number of anilines is 2. The quantitative estimate of drug-likeness (QED) is 0.771. The second-order valence-corrected chi connectivity index (χ2v) is 6.37. The van der Waals surface area contributed by atoms with E-state index in [9.17, 15) is 9.59 Å². The summed E-state index contributed by atoms with van der Waals surface area (Å²) in [5.41, 5.74) is 9.64. The first kappa shape index (κ1) is 17.9. The van der Waals surface area contributed by atoms with E-state index in [0.717, 1.165) is 23.2 Å². The van der Waals surface area contributed by atoms with Gasteiger partial charge in [-0.3, -0.25) is 9.69 Å². The minimum absolute atomic E-state index is 0.115. The van der Waals surface area contributed by atoms with Crippen molar-refractivity contribution < 1.29 is 9.59 Å². The number of nitrogens with zero attached hydrogens (tertiary/aromatic N) is 1. The van der Waals surface area contributed by atoms with Crippen molar-refractivity contribution in [1.82, 2.24) is 5.32 Å². The first-order valence-electron chi connectivity index (χ1n) is 8.87. The molecule has 6 nitrogen and oxygen atoms in total. The molecule has 0 aromatic heterocycles. The van der Waals surface area contributed by atoms with Crippen molar-refractivity contribution in [1.29, 1.82) is 0 Å². The third-order valence-electron chi connectivity index (χ3n) is 4.46. The van der Waals surface area contributed by atoms with Crippen molar-refractivity contribution in [2.75, 3.05) is 23.3 Å². The number of nitrogens with two attached hydrogens (primary N) is 1. The Bertz CT molecular complexity index is 792. The number of carbonyl (C=O) groups is 2. The Hall–Kier alpha value is -2.86. The Morgan fingerprint density at radius 1 is 1.19 bits per heavy atom. The average Bonchev–Trinajstić information content (AvgIpc) is 3.06. The van der Waals surface area contributed by atoms with E-state index in [1.54, 1.807) is 4.90 Å². The molecule has 0 saturated heterocycles. The topological polar surface area (TPSA) is 87.5 Å². The molecule has 0 radical (unpaired) electrons. The van der Waals surface area contributed by atoms with Gasteiger partial charge in [-0.1, -0.05) is 36.4 Å². The number of hydrogen-bond donors (Lipinski definition) is 3. The lowest BCUT2D eigenvalue weighted by Gasteiger charge is -2.19. The maximum Gasteiger partial charge on any atom is 0.321 e. The van der Waals surface area contributed by atoms with Crippen LogP contribution in [0.5, 0.6) is 0 Å². The summed E-state index contributed by atoms with van der Waals surface area (Å²) in [7, 11) is 0. The van der Waals surface area contributed by atoms with E-state index >= 15 is 0 Å². The molecule has 136 valence electrons. The van der Waals surface area contributed by atoms with Gasteiger partial charge < -0.3 is 16.4 Å². The fourth-order valence-corrected chi connectivity index (χ4v) is 3.11. The molecule has 3 amide bonds. The predicted molar refractivity (Wildman–Crippen MR) is 103 cm³/mol. The van der Waals surface area contributed by atoms with Crippen molar-refractivity contribution in [3.8, 4) is 0 Å². The van der Waals surface area contributed by atoms with Gasteiger partial charge >= 0.3 is 6.03 Å². The molecule has 0 saturated carbocycles. The highest BCUT2D eigenvalue weighted by Crippen LogP contribution is 2.31. The fourth-order valence-electron chi connectivity index (χ4n) is 3.11. The lowest BCUT2D eigenvalue weighted by Crippen LogP contribution is -2.39. The van der Waals surface area contributed by atoms with Gasteiger partial charge in [-0.15, -0.1) is 0 Å². The summed E-state index contributed by atoms with van der Waals surface area (Å²) >= 11 is 0. The standard InChI is InChI=1S/C20H24N4O2/c1-2-22-20(26)24-11-10-15-8-9-16(13-18(15)24)23-19(25)17(21)12-14-6-4-3-5-7-14/h3-9,13,17H,2,10-12,21H2,1H3,(H,22,26)(H,23,25)/t17-/m0/s1. The van der Waals surface area contributed by atoms with Crippen molar-refractivity contribution in [3.63, 3.8) is 0 Å². The van der Waals surface area contributed by atoms with Crippen LogP contribution < -0.4 is 21.3 Å². The van der Waals surface area contributed by atoms with Gasteiger partial charge in [-0.2, -0.15) is 0 Å². The van der Waals surface area contributed by atoms with E-state index in [0.29, 0.717) is 25.2 Å². The minimum Gasteiger partial charge on any atom is -0.338 e. The van der Waals surface area contributed by atoms with Gasteiger partial charge in [-0.05, 0) is 43.0 Å². The van der Waals surface area contributed by atoms with Crippen LogP contribution in [-0.4, -0.2) is 31.1 Å². The van der Waals surface area contributed by atoms with Crippen LogP contribution in [0.4, 0.5) is 16.2 Å². The lowest BCUT2D eigenvalue weighted by atomic mass is 10.1. The van der Waals surface area contributed by atoms with E-state index in [1.807, 2.05) is 55.5 Å². The van der Waals surface area contributed by atoms with E-state index < -0.39 is 6.04 Å². The Morgan fingerprint density at radius 2 is 1.96 bits per heavy atom. The molecule has 3 rings (SSSR count). The zero-order valence-electron chi connectivity index (χ0n) is 14.9. The summed E-state index contributed by atoms with van der Waals surface area (Å²) in [5, 5.41) is 5.67. The van der Waals surface area contributed by atoms with E-state index in [1.165, 1.54) is 0 Å². The van der Waals surface area contributed by atoms with Crippen LogP contribution in [0.25, 0.3) is 0 Å². The number of fused-ring (bicyclic) bond motifs is 1. The molecular weight excluding hydrogens is 328 g/mol. The first-order valence-corrected chi connectivity index (χ1v) is 8.87. The zero-order valence-corrected chi connectivity index (χ0v) is 14.9. The zero-order chi connectivity index (χ0) is 18.5. The van der Waals surface area contributed by atoms with Gasteiger partial charge in [0.25, 0.3) is 0 Å². The molecule has 1 heterocycles. The van der Waals surface area contributed by atoms with Gasteiger partial charge in [0.15, 0.2) is 0 Å². The van der Waals surface area contributed by atoms with Crippen LogP contribution in [0, 0.1) is 0 Å². The molecular formula is C20H24N4O2. The molecule has 2 aromatic carbocycles. The molecule has 0 fully saturated rings. The minimum atomic E-state index is -0.634. The molecule has 1 aliphatic rings. The first-order chi connectivity index (χ1) is 12.6. The molecule has 0 aliphatic carbocycles. The van der Waals surface area contributed by atoms with Crippen molar-refractivity contribution >= 4 is 23.3 Å². The molecule has 1 aliphatic heterocycles. The monoisotopic (exact) mass is 352 g/mol. The van der Waals surface area contributed by atoms with Gasteiger partial charge in [0.1, 0.15) is 0 Å². The maximum absolute atomic E-state index is 12.4. The largest absolute Gasteiger partial charge is 0.338 e. The molecule has 0 unspecified atom stereocenters. The Morgan fingerprint density at radius 3 is 2.69 bits per heavy atom. The number of amides is 3. The van der Waals surface area contributed by atoms with Crippen molar-refractivity contribution in [3.05, 3.63) is 59.7 Å². The number of hydrogen-bond acceptors (Lipinski definition) is 3. The predicted octanol–water partition coefficient (Wildman–Crippen LogP) is 2.29. The number of nitrogens with one attached hydrogen (secondary N) is 2. The van der Waals surface area contributed by atoms with Crippen LogP contribution in [0.15, 0.2) is 48.5 Å². The summed E-state index contributed by atoms with van der Waals surface area (Å²) in [6.07, 6.45) is 1.29. The summed E-state index contributed by atoms with van der Waals surface area (Å²) in [4.78, 5) is 26.3. The van der Waals surface area contributed by atoms with Crippen molar-refractivity contribution in [2.24, 2.45) is 5.73 Å². The van der Waals surface area contributed by atoms with Crippen LogP contribution in [0.1, 0.15) is 18.1 Å². The van der Waals surface area contributed by atoms with E-state index in [2.05, 4.69) is 10.6 Å². The normalized spacial score (nSPS) is 13.8. The second-order valence-electron chi connectivity index (χ2n) is 6.37. The third kappa shape index (κ3) is 4.03. The van der Waals surface area contributed by atoms with Crippen LogP contribution in [-0.2, 0) is 17.6 Å².